The lowest BCUT2D eigenvalue weighted by atomic mass is 10.0. The van der Waals surface area contributed by atoms with Crippen molar-refractivity contribution in [2.45, 2.75) is 24.9 Å². The highest BCUT2D eigenvalue weighted by molar-refractivity contribution is 7.99. The molecule has 1 heterocycles. The topological polar surface area (TPSA) is 88.9 Å². The number of carbonyl (C=O) groups excluding carboxylic acids is 2. The molecule has 0 unspecified atom stereocenters. The molecule has 0 saturated carbocycles. The van der Waals surface area contributed by atoms with E-state index < -0.39 is 0 Å². The van der Waals surface area contributed by atoms with Crippen molar-refractivity contribution >= 4 is 35.2 Å². The summed E-state index contributed by atoms with van der Waals surface area (Å²) < 4.78 is 1.96. The zero-order valence-corrected chi connectivity index (χ0v) is 20.8. The number of hydrogen-bond acceptors (Lipinski definition) is 5. The minimum absolute atomic E-state index is 0.0394. The molecule has 0 aliphatic carbocycles. The van der Waals surface area contributed by atoms with E-state index in [2.05, 4.69) is 41.0 Å². The Kier molecular flexibility index (Phi) is 7.84. The molecule has 0 fully saturated rings. The van der Waals surface area contributed by atoms with Gasteiger partial charge in [-0.25, -0.2) is 0 Å². The fourth-order valence-corrected chi connectivity index (χ4v) is 4.37. The van der Waals surface area contributed by atoms with Gasteiger partial charge in [0.05, 0.1) is 11.4 Å². The Hall–Kier alpha value is -3.62. The molecule has 35 heavy (non-hydrogen) atoms. The first-order valence-corrected chi connectivity index (χ1v) is 12.4. The van der Waals surface area contributed by atoms with Crippen molar-refractivity contribution in [1.29, 1.82) is 0 Å². The average Bonchev–Trinajstić information content (AvgIpc) is 3.30. The molecule has 178 valence electrons. The van der Waals surface area contributed by atoms with Gasteiger partial charge >= 0.3 is 0 Å². The van der Waals surface area contributed by atoms with Crippen LogP contribution in [0.2, 0.25) is 5.02 Å². The van der Waals surface area contributed by atoms with Gasteiger partial charge in [-0.1, -0.05) is 73.6 Å². The second kappa shape index (κ2) is 11.2. The lowest BCUT2D eigenvalue weighted by molar-refractivity contribution is -0.119. The van der Waals surface area contributed by atoms with Gasteiger partial charge in [-0.05, 0) is 53.9 Å². The molecule has 0 aliphatic heterocycles. The Bertz CT molecular complexity index is 1320. The highest BCUT2D eigenvalue weighted by Gasteiger charge is 2.20. The van der Waals surface area contributed by atoms with E-state index in [4.69, 9.17) is 11.6 Å². The number of benzene rings is 3. The van der Waals surface area contributed by atoms with Crippen LogP contribution < -0.4 is 10.9 Å². The first-order valence-electron chi connectivity index (χ1n) is 11.0. The Morgan fingerprint density at radius 3 is 2.31 bits per heavy atom. The van der Waals surface area contributed by atoms with E-state index in [0.29, 0.717) is 21.6 Å². The number of rotatable bonds is 7. The number of para-hydroxylation sites is 1. The number of aromatic nitrogens is 3. The number of carbonyl (C=O) groups is 2. The predicted octanol–water partition coefficient (Wildman–Crippen LogP) is 5.26. The Labute approximate surface area is 212 Å². The van der Waals surface area contributed by atoms with Crippen LogP contribution in [0.5, 0.6) is 0 Å². The van der Waals surface area contributed by atoms with Gasteiger partial charge in [-0.15, -0.1) is 10.2 Å². The summed E-state index contributed by atoms with van der Waals surface area (Å²) in [5, 5.41) is 10.0. The van der Waals surface area contributed by atoms with Gasteiger partial charge in [0.2, 0.25) is 5.91 Å². The molecule has 3 aromatic carbocycles. The molecule has 2 amide bonds. The minimum Gasteiger partial charge on any atom is -0.272 e. The molecule has 9 heteroatoms. The van der Waals surface area contributed by atoms with Gasteiger partial charge in [0.15, 0.2) is 11.0 Å². The van der Waals surface area contributed by atoms with Gasteiger partial charge in [-0.2, -0.15) is 0 Å². The van der Waals surface area contributed by atoms with E-state index in [0.717, 1.165) is 16.8 Å². The molecule has 4 aromatic rings. The van der Waals surface area contributed by atoms with E-state index in [1.807, 2.05) is 41.0 Å². The second-order valence-electron chi connectivity index (χ2n) is 8.02. The molecule has 0 spiro atoms. The number of nitrogens with one attached hydrogen (secondary N) is 2. The maximum atomic E-state index is 12.5. The van der Waals surface area contributed by atoms with Crippen LogP contribution in [0.25, 0.3) is 17.1 Å². The SMILES string of the molecule is CC(C)c1ccccc1-n1c(SCC(=O)NNC(=O)c2ccccc2)nnc1-c1ccc(Cl)cc1. The normalized spacial score (nSPS) is 10.9. The van der Waals surface area contributed by atoms with Gasteiger partial charge in [0.25, 0.3) is 5.91 Å². The summed E-state index contributed by atoms with van der Waals surface area (Å²) in [5.74, 6) is 0.204. The van der Waals surface area contributed by atoms with Gasteiger partial charge in [-0.3, -0.25) is 25.0 Å². The lowest BCUT2D eigenvalue weighted by Gasteiger charge is -2.17. The molecule has 4 rings (SSSR count). The lowest BCUT2D eigenvalue weighted by Crippen LogP contribution is -2.42. The van der Waals surface area contributed by atoms with Gasteiger partial charge < -0.3 is 0 Å². The number of halogens is 1. The molecule has 2 N–H and O–H groups in total. The Morgan fingerprint density at radius 2 is 1.60 bits per heavy atom. The largest absolute Gasteiger partial charge is 0.272 e. The summed E-state index contributed by atoms with van der Waals surface area (Å²) in [7, 11) is 0. The molecule has 0 bridgehead atoms. The summed E-state index contributed by atoms with van der Waals surface area (Å²) in [5.41, 5.74) is 8.27. The molecule has 0 aliphatic rings. The van der Waals surface area contributed by atoms with Crippen molar-refractivity contribution in [3.63, 3.8) is 0 Å². The van der Waals surface area contributed by atoms with Crippen molar-refractivity contribution in [2.75, 3.05) is 5.75 Å². The van der Waals surface area contributed by atoms with Crippen LogP contribution in [-0.4, -0.2) is 32.3 Å². The van der Waals surface area contributed by atoms with Crippen LogP contribution in [0, 0.1) is 0 Å². The molecule has 1 aromatic heterocycles. The summed E-state index contributed by atoms with van der Waals surface area (Å²) >= 11 is 7.32. The van der Waals surface area contributed by atoms with E-state index in [1.165, 1.54) is 11.8 Å². The maximum Gasteiger partial charge on any atom is 0.269 e. The molecule has 0 atom stereocenters. The van der Waals surface area contributed by atoms with Crippen molar-refractivity contribution in [2.24, 2.45) is 0 Å². The van der Waals surface area contributed by atoms with Crippen molar-refractivity contribution in [3.05, 3.63) is 95.0 Å². The number of amides is 2. The van der Waals surface area contributed by atoms with E-state index in [9.17, 15) is 9.59 Å². The monoisotopic (exact) mass is 505 g/mol. The zero-order valence-electron chi connectivity index (χ0n) is 19.2. The molecular weight excluding hydrogens is 482 g/mol. The quantitative estimate of drug-likeness (QED) is 0.264. The summed E-state index contributed by atoms with van der Waals surface area (Å²) in [6.45, 7) is 4.25. The van der Waals surface area contributed by atoms with Crippen molar-refractivity contribution < 1.29 is 9.59 Å². The summed E-state index contributed by atoms with van der Waals surface area (Å²) in [4.78, 5) is 24.7. The summed E-state index contributed by atoms with van der Waals surface area (Å²) in [6, 6.07) is 24.1. The second-order valence-corrected chi connectivity index (χ2v) is 9.40. The number of hydrazine groups is 1. The predicted molar refractivity (Wildman–Crippen MR) is 139 cm³/mol. The molecule has 7 nitrogen and oxygen atoms in total. The highest BCUT2D eigenvalue weighted by atomic mass is 35.5. The van der Waals surface area contributed by atoms with Crippen LogP contribution in [0.15, 0.2) is 84.0 Å². The zero-order chi connectivity index (χ0) is 24.8. The molecule has 0 saturated heterocycles. The van der Waals surface area contributed by atoms with Gasteiger partial charge in [0.1, 0.15) is 0 Å². The number of nitrogens with zero attached hydrogens (tertiary/aromatic N) is 3. The van der Waals surface area contributed by atoms with Crippen molar-refractivity contribution in [3.8, 4) is 17.1 Å². The number of thioether (sulfide) groups is 1. The third-order valence-corrected chi connectivity index (χ3v) is 6.40. The Balaban J connectivity index is 1.56. The first kappa shape index (κ1) is 24.5. The fourth-order valence-electron chi connectivity index (χ4n) is 3.50. The number of hydrogen-bond donors (Lipinski definition) is 2. The van der Waals surface area contributed by atoms with Crippen LogP contribution in [0.1, 0.15) is 35.7 Å². The van der Waals surface area contributed by atoms with Crippen LogP contribution in [-0.2, 0) is 4.79 Å². The third-order valence-electron chi connectivity index (χ3n) is 5.22. The van der Waals surface area contributed by atoms with Crippen LogP contribution in [0.3, 0.4) is 0 Å². The van der Waals surface area contributed by atoms with E-state index in [-0.39, 0.29) is 23.5 Å². The molecular formula is C26H24ClN5O2S. The van der Waals surface area contributed by atoms with Crippen LogP contribution in [0.4, 0.5) is 0 Å². The van der Waals surface area contributed by atoms with E-state index in [1.54, 1.807) is 36.4 Å². The fraction of sp³-hybridized carbons (Fsp3) is 0.154. The molecule has 0 radical (unpaired) electrons. The third kappa shape index (κ3) is 5.90. The Morgan fingerprint density at radius 1 is 0.914 bits per heavy atom. The standard InChI is InChI=1S/C26H24ClN5O2S/c1-17(2)21-10-6-7-11-22(21)32-24(18-12-14-20(27)15-13-18)29-31-26(32)35-16-23(33)28-30-25(34)19-8-4-3-5-9-19/h3-15,17H,16H2,1-2H3,(H,28,33)(H,30,34). The van der Waals surface area contributed by atoms with Crippen LogP contribution >= 0.6 is 23.4 Å². The minimum atomic E-state index is -0.386. The van der Waals surface area contributed by atoms with Gasteiger partial charge in [0, 0.05) is 16.1 Å². The van der Waals surface area contributed by atoms with E-state index >= 15 is 0 Å². The maximum absolute atomic E-state index is 12.5. The highest BCUT2D eigenvalue weighted by Crippen LogP contribution is 2.32. The first-order chi connectivity index (χ1) is 16.9. The summed E-state index contributed by atoms with van der Waals surface area (Å²) in [6.07, 6.45) is 0. The smallest absolute Gasteiger partial charge is 0.269 e. The average molecular weight is 506 g/mol. The van der Waals surface area contributed by atoms with Crippen molar-refractivity contribution in [1.82, 2.24) is 25.6 Å².